The Kier molecular flexibility index (Phi) is 3.29. The van der Waals surface area contributed by atoms with Gasteiger partial charge in [-0.2, -0.15) is 8.78 Å². The van der Waals surface area contributed by atoms with Crippen molar-refractivity contribution < 1.29 is 23.0 Å². The summed E-state index contributed by atoms with van der Waals surface area (Å²) < 4.78 is 40.4. The van der Waals surface area contributed by atoms with Crippen LogP contribution in [0.1, 0.15) is 5.69 Å². The Bertz CT molecular complexity index is 289. The van der Waals surface area contributed by atoms with E-state index in [0.29, 0.717) is 5.69 Å². The zero-order valence-electron chi connectivity index (χ0n) is 7.08. The van der Waals surface area contributed by atoms with E-state index < -0.39 is 12.8 Å². The predicted octanol–water partition coefficient (Wildman–Crippen LogP) is 1.51. The molecule has 0 aromatic carbocycles. The topological polar surface area (TPSA) is 42.4 Å². The van der Waals surface area contributed by atoms with Crippen molar-refractivity contribution in [3.05, 3.63) is 24.0 Å². The highest BCUT2D eigenvalue weighted by Gasteiger charge is 2.31. The smallest absolute Gasteiger partial charge is 0.427 e. The third kappa shape index (κ3) is 2.88. The Morgan fingerprint density at radius 3 is 2.57 bits per heavy atom. The summed E-state index contributed by atoms with van der Waals surface area (Å²) in [5.74, 6) is -0.246. The Balaban J connectivity index is 2.69. The molecule has 1 rings (SSSR count). The van der Waals surface area contributed by atoms with Gasteiger partial charge in [0, 0.05) is 0 Å². The van der Waals surface area contributed by atoms with Crippen LogP contribution >= 0.6 is 0 Å². The van der Waals surface area contributed by atoms with Gasteiger partial charge in [0.2, 0.25) is 0 Å². The van der Waals surface area contributed by atoms with Crippen LogP contribution < -0.4 is 4.74 Å². The third-order valence-electron chi connectivity index (χ3n) is 1.38. The van der Waals surface area contributed by atoms with Crippen LogP contribution in [-0.2, 0) is 6.61 Å². The number of ether oxygens (including phenoxy) is 1. The fourth-order valence-electron chi connectivity index (χ4n) is 0.765. The monoisotopic (exact) mass is 207 g/mol. The maximum absolute atomic E-state index is 12.3. The maximum Gasteiger partial charge on any atom is 0.427 e. The molecule has 0 aliphatic heterocycles. The first-order valence-corrected chi connectivity index (χ1v) is 3.76. The number of pyridine rings is 1. The van der Waals surface area contributed by atoms with Crippen LogP contribution in [0, 0.1) is 0 Å². The summed E-state index contributed by atoms with van der Waals surface area (Å²) in [6.07, 6.45) is -2.84. The van der Waals surface area contributed by atoms with Gasteiger partial charge in [0.05, 0.1) is 18.5 Å². The molecule has 0 aliphatic rings. The minimum absolute atomic E-state index is 0.246. The molecule has 0 saturated carbocycles. The summed E-state index contributed by atoms with van der Waals surface area (Å²) in [5.41, 5.74) is 0.320. The van der Waals surface area contributed by atoms with Crippen molar-refractivity contribution in [3.63, 3.8) is 0 Å². The molecule has 0 amide bonds. The van der Waals surface area contributed by atoms with E-state index in [-0.39, 0.29) is 12.4 Å². The molecular weight excluding hydrogens is 199 g/mol. The van der Waals surface area contributed by atoms with Gasteiger partial charge in [-0.05, 0) is 12.1 Å². The Morgan fingerprint density at radius 2 is 2.14 bits per heavy atom. The van der Waals surface area contributed by atoms with E-state index in [1.807, 2.05) is 0 Å². The SMILES string of the molecule is OCc1ccc(OC(F)(F)CF)cn1. The van der Waals surface area contributed by atoms with E-state index in [2.05, 4.69) is 9.72 Å². The van der Waals surface area contributed by atoms with Gasteiger partial charge >= 0.3 is 6.11 Å². The van der Waals surface area contributed by atoms with Gasteiger partial charge in [-0.15, -0.1) is 0 Å². The Morgan fingerprint density at radius 1 is 1.43 bits per heavy atom. The molecule has 3 nitrogen and oxygen atoms in total. The second-order valence-electron chi connectivity index (χ2n) is 2.52. The molecule has 78 valence electrons. The Hall–Kier alpha value is -1.30. The number of hydrogen-bond donors (Lipinski definition) is 1. The van der Waals surface area contributed by atoms with E-state index in [9.17, 15) is 13.2 Å². The molecule has 0 bridgehead atoms. The number of rotatable bonds is 4. The highest BCUT2D eigenvalue weighted by atomic mass is 19.3. The first-order chi connectivity index (χ1) is 6.57. The molecule has 1 aromatic rings. The van der Waals surface area contributed by atoms with Crippen LogP contribution in [-0.4, -0.2) is 22.9 Å². The highest BCUT2D eigenvalue weighted by molar-refractivity contribution is 5.19. The van der Waals surface area contributed by atoms with Gasteiger partial charge in [0.1, 0.15) is 5.75 Å². The number of aliphatic hydroxyl groups is 1. The molecule has 0 spiro atoms. The Labute approximate surface area is 78.2 Å². The van der Waals surface area contributed by atoms with Crippen molar-refractivity contribution in [2.75, 3.05) is 6.67 Å². The van der Waals surface area contributed by atoms with Crippen molar-refractivity contribution in [2.24, 2.45) is 0 Å². The molecule has 0 saturated heterocycles. The van der Waals surface area contributed by atoms with Crippen molar-refractivity contribution in [1.29, 1.82) is 0 Å². The number of aromatic nitrogens is 1. The zero-order valence-corrected chi connectivity index (χ0v) is 7.08. The van der Waals surface area contributed by atoms with Crippen LogP contribution in [0.3, 0.4) is 0 Å². The summed E-state index contributed by atoms with van der Waals surface area (Å²) in [7, 11) is 0. The standard InChI is InChI=1S/C8H8F3NO2/c9-5-8(10,11)14-7-2-1-6(4-13)12-3-7/h1-3,13H,4-5H2. The first kappa shape index (κ1) is 10.8. The minimum atomic E-state index is -3.83. The second-order valence-corrected chi connectivity index (χ2v) is 2.52. The number of hydrogen-bond acceptors (Lipinski definition) is 3. The fourth-order valence-corrected chi connectivity index (χ4v) is 0.765. The van der Waals surface area contributed by atoms with E-state index in [1.54, 1.807) is 0 Å². The minimum Gasteiger partial charge on any atom is -0.429 e. The number of halogens is 3. The quantitative estimate of drug-likeness (QED) is 0.813. The molecular formula is C8H8F3NO2. The second kappa shape index (κ2) is 4.28. The summed E-state index contributed by atoms with van der Waals surface area (Å²) >= 11 is 0. The summed E-state index contributed by atoms with van der Waals surface area (Å²) in [5, 5.41) is 8.60. The van der Waals surface area contributed by atoms with Gasteiger partial charge in [-0.3, -0.25) is 4.98 Å². The van der Waals surface area contributed by atoms with Gasteiger partial charge in [-0.25, -0.2) is 4.39 Å². The molecule has 0 radical (unpaired) electrons. The predicted molar refractivity (Wildman–Crippen MR) is 41.7 cm³/mol. The van der Waals surface area contributed by atoms with Crippen LogP contribution in [0.5, 0.6) is 5.75 Å². The van der Waals surface area contributed by atoms with Crippen LogP contribution in [0.2, 0.25) is 0 Å². The largest absolute Gasteiger partial charge is 0.429 e. The molecule has 1 aromatic heterocycles. The van der Waals surface area contributed by atoms with Gasteiger partial charge in [0.25, 0.3) is 0 Å². The average molecular weight is 207 g/mol. The van der Waals surface area contributed by atoms with Crippen molar-refractivity contribution in [2.45, 2.75) is 12.7 Å². The third-order valence-corrected chi connectivity index (χ3v) is 1.38. The molecule has 1 N–H and O–H groups in total. The van der Waals surface area contributed by atoms with Crippen molar-refractivity contribution in [3.8, 4) is 5.75 Å². The lowest BCUT2D eigenvalue weighted by molar-refractivity contribution is -0.186. The van der Waals surface area contributed by atoms with Gasteiger partial charge < -0.3 is 9.84 Å². The summed E-state index contributed by atoms with van der Waals surface area (Å²) in [6.45, 7) is -2.19. The first-order valence-electron chi connectivity index (χ1n) is 3.76. The molecule has 1 heterocycles. The van der Waals surface area contributed by atoms with E-state index in [1.165, 1.54) is 12.1 Å². The number of alkyl halides is 3. The number of aliphatic hydroxyl groups excluding tert-OH is 1. The molecule has 14 heavy (non-hydrogen) atoms. The summed E-state index contributed by atoms with van der Waals surface area (Å²) in [4.78, 5) is 3.58. The van der Waals surface area contributed by atoms with Crippen molar-refractivity contribution >= 4 is 0 Å². The maximum atomic E-state index is 12.3. The zero-order chi connectivity index (χ0) is 10.6. The summed E-state index contributed by atoms with van der Waals surface area (Å²) in [6, 6.07) is 2.49. The van der Waals surface area contributed by atoms with E-state index in [4.69, 9.17) is 5.11 Å². The average Bonchev–Trinajstić information content (AvgIpc) is 2.19. The van der Waals surface area contributed by atoms with Crippen LogP contribution in [0.25, 0.3) is 0 Å². The van der Waals surface area contributed by atoms with Crippen LogP contribution in [0.4, 0.5) is 13.2 Å². The van der Waals surface area contributed by atoms with E-state index in [0.717, 1.165) is 6.20 Å². The van der Waals surface area contributed by atoms with Crippen molar-refractivity contribution in [1.82, 2.24) is 4.98 Å². The lowest BCUT2D eigenvalue weighted by Crippen LogP contribution is -2.27. The number of nitrogens with zero attached hydrogens (tertiary/aromatic N) is 1. The highest BCUT2D eigenvalue weighted by Crippen LogP contribution is 2.21. The van der Waals surface area contributed by atoms with E-state index >= 15 is 0 Å². The lowest BCUT2D eigenvalue weighted by atomic mass is 10.3. The molecule has 0 aliphatic carbocycles. The molecule has 0 fully saturated rings. The fraction of sp³-hybridized carbons (Fsp3) is 0.375. The molecule has 0 unspecified atom stereocenters. The van der Waals surface area contributed by atoms with Crippen LogP contribution in [0.15, 0.2) is 18.3 Å². The lowest BCUT2D eigenvalue weighted by Gasteiger charge is -2.13. The molecule has 0 atom stereocenters. The van der Waals surface area contributed by atoms with Gasteiger partial charge in [-0.1, -0.05) is 0 Å². The molecule has 6 heteroatoms. The van der Waals surface area contributed by atoms with Gasteiger partial charge in [0.15, 0.2) is 6.67 Å². The normalized spacial score (nSPS) is 11.4.